The van der Waals surface area contributed by atoms with Crippen LogP contribution in [0.25, 0.3) is 0 Å². The van der Waals surface area contributed by atoms with Gasteiger partial charge in [-0.05, 0) is 25.7 Å². The number of hydrogen-bond acceptors (Lipinski definition) is 7. The minimum atomic E-state index is -1.33. The maximum absolute atomic E-state index is 12.8. The number of hydrogen-bond donors (Lipinski definition) is 5. The fourth-order valence-electron chi connectivity index (χ4n) is 3.75. The highest BCUT2D eigenvalue weighted by Crippen LogP contribution is 2.21. The Balaban J connectivity index is 2.13. The number of rotatable bonds is 8. The van der Waals surface area contributed by atoms with Crippen molar-refractivity contribution in [1.82, 2.24) is 15.1 Å². The van der Waals surface area contributed by atoms with Gasteiger partial charge in [-0.2, -0.15) is 0 Å². The van der Waals surface area contributed by atoms with E-state index in [1.807, 2.05) is 0 Å². The lowest BCUT2D eigenvalue weighted by molar-refractivity contribution is -0.150. The number of nitrogens with one attached hydrogen (secondary N) is 1. The van der Waals surface area contributed by atoms with Crippen LogP contribution in [0.5, 0.6) is 0 Å². The molecule has 0 radical (unpaired) electrons. The number of carbonyl (C=O) groups is 5. The Morgan fingerprint density at radius 2 is 1.55 bits per heavy atom. The van der Waals surface area contributed by atoms with E-state index in [2.05, 4.69) is 5.32 Å². The van der Waals surface area contributed by atoms with Crippen LogP contribution in [0.3, 0.4) is 0 Å². The van der Waals surface area contributed by atoms with Gasteiger partial charge < -0.3 is 36.8 Å². The highest BCUT2D eigenvalue weighted by Gasteiger charge is 2.41. The second-order valence-electron chi connectivity index (χ2n) is 7.24. The Morgan fingerprint density at radius 1 is 1.00 bits per heavy atom. The van der Waals surface area contributed by atoms with Gasteiger partial charge in [-0.3, -0.25) is 19.2 Å². The lowest BCUT2D eigenvalue weighted by Gasteiger charge is -2.30. The van der Waals surface area contributed by atoms with Gasteiger partial charge in [-0.15, -0.1) is 0 Å². The molecule has 2 rings (SSSR count). The molecule has 0 aromatic rings. The van der Waals surface area contributed by atoms with Crippen LogP contribution in [0.15, 0.2) is 0 Å². The van der Waals surface area contributed by atoms with Crippen molar-refractivity contribution in [1.29, 1.82) is 0 Å². The summed E-state index contributed by atoms with van der Waals surface area (Å²) < 4.78 is 0. The van der Waals surface area contributed by atoms with E-state index in [1.54, 1.807) is 0 Å². The number of primary amides is 1. The number of carboxylic acids is 1. The van der Waals surface area contributed by atoms with Crippen molar-refractivity contribution in [3.8, 4) is 0 Å². The number of likely N-dealkylation sites (tertiary alicyclic amines) is 2. The second-order valence-corrected chi connectivity index (χ2v) is 7.24. The van der Waals surface area contributed by atoms with E-state index in [0.717, 1.165) is 4.90 Å². The first-order valence-electron chi connectivity index (χ1n) is 9.46. The third-order valence-corrected chi connectivity index (χ3v) is 5.19. The van der Waals surface area contributed by atoms with Gasteiger partial charge in [0.2, 0.25) is 23.6 Å². The van der Waals surface area contributed by atoms with Gasteiger partial charge in [0.05, 0.1) is 13.0 Å². The molecule has 7 N–H and O–H groups in total. The van der Waals surface area contributed by atoms with E-state index in [4.69, 9.17) is 16.6 Å². The SMILES string of the molecule is NC(=O)CC(NC(=O)C1CCCN1C(=O)C(N)CO)C(=O)N1CCCC1C(=O)O. The third kappa shape index (κ3) is 5.21. The average Bonchev–Trinajstić information content (AvgIpc) is 3.34. The molecule has 0 saturated carbocycles. The van der Waals surface area contributed by atoms with Gasteiger partial charge >= 0.3 is 5.97 Å². The predicted octanol–water partition coefficient (Wildman–Crippen LogP) is -3.27. The van der Waals surface area contributed by atoms with Crippen molar-refractivity contribution in [3.05, 3.63) is 0 Å². The second kappa shape index (κ2) is 9.65. The van der Waals surface area contributed by atoms with Gasteiger partial charge in [0, 0.05) is 13.1 Å². The van der Waals surface area contributed by atoms with E-state index in [-0.39, 0.29) is 19.5 Å². The molecule has 2 heterocycles. The summed E-state index contributed by atoms with van der Waals surface area (Å²) in [7, 11) is 0. The van der Waals surface area contributed by atoms with E-state index in [9.17, 15) is 29.1 Å². The van der Waals surface area contributed by atoms with Gasteiger partial charge in [-0.25, -0.2) is 4.79 Å². The van der Waals surface area contributed by atoms with Crippen LogP contribution in [0.2, 0.25) is 0 Å². The molecule has 0 bridgehead atoms. The molecule has 4 unspecified atom stereocenters. The average molecular weight is 413 g/mol. The summed E-state index contributed by atoms with van der Waals surface area (Å²) in [5.74, 6) is -3.95. The molecule has 0 aromatic carbocycles. The van der Waals surface area contributed by atoms with Crippen molar-refractivity contribution in [2.45, 2.75) is 56.3 Å². The van der Waals surface area contributed by atoms with Crippen molar-refractivity contribution >= 4 is 29.6 Å². The zero-order chi connectivity index (χ0) is 21.7. The Labute approximate surface area is 167 Å². The summed E-state index contributed by atoms with van der Waals surface area (Å²) in [6.45, 7) is -0.107. The van der Waals surface area contributed by atoms with Crippen LogP contribution in [0, 0.1) is 0 Å². The number of aliphatic hydroxyl groups is 1. The van der Waals surface area contributed by atoms with Gasteiger partial charge in [0.25, 0.3) is 0 Å². The number of nitrogens with zero attached hydrogens (tertiary/aromatic N) is 2. The van der Waals surface area contributed by atoms with Crippen LogP contribution in [0.4, 0.5) is 0 Å². The highest BCUT2D eigenvalue weighted by molar-refractivity contribution is 5.96. The number of aliphatic hydroxyl groups excluding tert-OH is 1. The lowest BCUT2D eigenvalue weighted by atomic mass is 10.1. The van der Waals surface area contributed by atoms with Crippen molar-refractivity contribution in [2.24, 2.45) is 11.5 Å². The van der Waals surface area contributed by atoms with Crippen molar-refractivity contribution < 1.29 is 34.2 Å². The molecule has 0 aromatic heterocycles. The Bertz CT molecular complexity index is 685. The molecule has 162 valence electrons. The molecule has 29 heavy (non-hydrogen) atoms. The maximum atomic E-state index is 12.8. The maximum Gasteiger partial charge on any atom is 0.326 e. The molecular formula is C17H27N5O7. The normalized spacial score (nSPS) is 23.5. The van der Waals surface area contributed by atoms with Crippen LogP contribution in [0.1, 0.15) is 32.1 Å². The summed E-state index contributed by atoms with van der Waals surface area (Å²) in [6, 6.07) is -4.42. The zero-order valence-corrected chi connectivity index (χ0v) is 16.0. The molecule has 4 amide bonds. The predicted molar refractivity (Wildman–Crippen MR) is 97.9 cm³/mol. The molecule has 2 saturated heterocycles. The molecule has 12 heteroatoms. The molecule has 2 aliphatic rings. The fourth-order valence-corrected chi connectivity index (χ4v) is 3.75. The number of nitrogens with two attached hydrogens (primary N) is 2. The number of aliphatic carboxylic acids is 1. The molecular weight excluding hydrogens is 386 g/mol. The first-order chi connectivity index (χ1) is 13.7. The monoisotopic (exact) mass is 413 g/mol. The summed E-state index contributed by atoms with van der Waals surface area (Å²) in [4.78, 5) is 63.0. The van der Waals surface area contributed by atoms with E-state index in [0.29, 0.717) is 19.3 Å². The third-order valence-electron chi connectivity index (χ3n) is 5.19. The first kappa shape index (κ1) is 22.6. The van der Waals surface area contributed by atoms with Crippen molar-refractivity contribution in [2.75, 3.05) is 19.7 Å². The van der Waals surface area contributed by atoms with E-state index < -0.39 is 66.8 Å². The number of amides is 4. The van der Waals surface area contributed by atoms with Gasteiger partial charge in [0.1, 0.15) is 24.2 Å². The van der Waals surface area contributed by atoms with Crippen LogP contribution < -0.4 is 16.8 Å². The molecule has 12 nitrogen and oxygen atoms in total. The minimum Gasteiger partial charge on any atom is -0.480 e. The van der Waals surface area contributed by atoms with E-state index in [1.165, 1.54) is 4.90 Å². The van der Waals surface area contributed by atoms with Gasteiger partial charge in [0.15, 0.2) is 0 Å². The smallest absolute Gasteiger partial charge is 0.326 e. The molecule has 0 spiro atoms. The molecule has 2 aliphatic heterocycles. The highest BCUT2D eigenvalue weighted by atomic mass is 16.4. The first-order valence-corrected chi connectivity index (χ1v) is 9.46. The number of carbonyl (C=O) groups excluding carboxylic acids is 4. The summed E-state index contributed by atoms with van der Waals surface area (Å²) in [5.41, 5.74) is 10.8. The van der Waals surface area contributed by atoms with Crippen molar-refractivity contribution in [3.63, 3.8) is 0 Å². The topological polar surface area (TPSA) is 196 Å². The minimum absolute atomic E-state index is 0.195. The standard InChI is InChI=1S/C17H27N5O7/c18-9(8-23)15(26)21-5-1-3-11(21)14(25)20-10(7-13(19)24)16(27)22-6-2-4-12(22)17(28)29/h9-12,23H,1-8,18H2,(H2,19,24)(H,20,25)(H,28,29). The Hall–Kier alpha value is -2.73. The lowest BCUT2D eigenvalue weighted by Crippen LogP contribution is -2.57. The summed E-state index contributed by atoms with van der Waals surface area (Å²) in [6.07, 6.45) is 1.13. The van der Waals surface area contributed by atoms with Crippen LogP contribution in [-0.4, -0.2) is 93.5 Å². The van der Waals surface area contributed by atoms with E-state index >= 15 is 0 Å². The summed E-state index contributed by atoms with van der Waals surface area (Å²) in [5, 5.41) is 20.8. The fraction of sp³-hybridized carbons (Fsp3) is 0.706. The van der Waals surface area contributed by atoms with Crippen LogP contribution >= 0.6 is 0 Å². The molecule has 0 aliphatic carbocycles. The Morgan fingerprint density at radius 3 is 2.07 bits per heavy atom. The van der Waals surface area contributed by atoms with Gasteiger partial charge in [-0.1, -0.05) is 0 Å². The Kier molecular flexibility index (Phi) is 7.51. The molecule has 2 fully saturated rings. The number of carboxylic acid groups (broad SMARTS) is 1. The quantitative estimate of drug-likeness (QED) is 0.273. The largest absolute Gasteiger partial charge is 0.480 e. The zero-order valence-electron chi connectivity index (χ0n) is 16.0. The van der Waals surface area contributed by atoms with Crippen LogP contribution in [-0.2, 0) is 24.0 Å². The molecule has 4 atom stereocenters. The summed E-state index contributed by atoms with van der Waals surface area (Å²) >= 11 is 0.